The van der Waals surface area contributed by atoms with E-state index in [-0.39, 0.29) is 125 Å². The molecular formula is C100H138Cl5FN8O23. The topological polar surface area (TPSA) is 385 Å². The minimum atomic E-state index is -0.876. The lowest BCUT2D eigenvalue weighted by Crippen LogP contribution is -2.39. The van der Waals surface area contributed by atoms with E-state index in [1.54, 1.807) is 44.4 Å². The van der Waals surface area contributed by atoms with Crippen molar-refractivity contribution in [3.05, 3.63) is 165 Å². The maximum atomic E-state index is 12.6. The molecule has 6 aliphatic heterocycles. The van der Waals surface area contributed by atoms with Gasteiger partial charge >= 0.3 is 48.1 Å². The molecule has 5 aromatic rings. The summed E-state index contributed by atoms with van der Waals surface area (Å²) in [5.41, 5.74) is 4.04. The van der Waals surface area contributed by atoms with Crippen LogP contribution in [-0.2, 0) is 81.2 Å². The van der Waals surface area contributed by atoms with Crippen LogP contribution in [0.4, 0.5) is 27.1 Å². The van der Waals surface area contributed by atoms with E-state index in [1.807, 2.05) is 152 Å². The molecule has 6 fully saturated rings. The van der Waals surface area contributed by atoms with E-state index in [9.17, 15) is 58.2 Å². The van der Waals surface area contributed by atoms with Crippen molar-refractivity contribution in [2.45, 2.75) is 242 Å². The molecule has 3 atom stereocenters. The van der Waals surface area contributed by atoms with E-state index >= 15 is 0 Å². The monoisotopic (exact) mass is 2010 g/mol. The number of hydrogen-bond donors (Lipinski definition) is 2. The Hall–Kier alpha value is -10.2. The van der Waals surface area contributed by atoms with Crippen molar-refractivity contribution in [1.29, 1.82) is 0 Å². The van der Waals surface area contributed by atoms with E-state index in [0.717, 1.165) is 116 Å². The summed E-state index contributed by atoms with van der Waals surface area (Å²) in [6.07, 6.45) is 12.1. The van der Waals surface area contributed by atoms with Crippen molar-refractivity contribution in [2.75, 3.05) is 119 Å². The van der Waals surface area contributed by atoms with Gasteiger partial charge in [-0.2, -0.15) is 19.2 Å². The molecule has 758 valence electrons. The van der Waals surface area contributed by atoms with Crippen molar-refractivity contribution in [3.63, 3.8) is 0 Å². The van der Waals surface area contributed by atoms with E-state index in [0.29, 0.717) is 109 Å². The summed E-state index contributed by atoms with van der Waals surface area (Å²) in [5, 5.41) is 30.9. The Kier molecular flexibility index (Phi) is 49.9. The highest BCUT2D eigenvalue weighted by molar-refractivity contribution is 6.32. The average Bonchev–Trinajstić information content (AvgIpc) is 1.74. The summed E-state index contributed by atoms with van der Waals surface area (Å²) in [6.45, 7) is 42.2. The number of nitrogens with one attached hydrogen (secondary N) is 2. The normalized spacial score (nSPS) is 17.0. The highest BCUT2D eigenvalue weighted by Gasteiger charge is 2.45. The smallest absolute Gasteiger partial charge is 0.373 e. The molecule has 0 aliphatic carbocycles. The van der Waals surface area contributed by atoms with Crippen LogP contribution >= 0.6 is 58.0 Å². The molecule has 31 nitrogen and oxygen atoms in total. The molecule has 0 radical (unpaired) electrons. The highest BCUT2D eigenvalue weighted by atomic mass is 35.5. The van der Waals surface area contributed by atoms with Gasteiger partial charge in [-0.25, -0.2) is 4.39 Å². The number of nitrogens with zero attached hydrogens (tertiary/aromatic N) is 6. The molecule has 37 heteroatoms. The predicted octanol–water partition coefficient (Wildman–Crippen LogP) is 19.7. The lowest BCUT2D eigenvalue weighted by Gasteiger charge is -2.36. The van der Waals surface area contributed by atoms with E-state index in [4.69, 9.17) is 110 Å². The molecule has 0 aromatic heterocycles. The molecule has 2 N–H and O–H groups in total. The Morgan fingerprint density at radius 3 is 1.16 bits per heavy atom. The summed E-state index contributed by atoms with van der Waals surface area (Å²) in [7, 11) is 3.06. The fraction of sp³-hybridized carbons (Fsp3) is 0.590. The van der Waals surface area contributed by atoms with Gasteiger partial charge in [-0.3, -0.25) is 53.8 Å². The lowest BCUT2D eigenvalue weighted by molar-refractivity contribution is -0.485. The van der Waals surface area contributed by atoms with E-state index in [1.165, 1.54) is 25.3 Å². The second-order valence-electron chi connectivity index (χ2n) is 38.5. The Labute approximate surface area is 829 Å². The van der Waals surface area contributed by atoms with Crippen LogP contribution in [0.25, 0.3) is 6.08 Å². The molecule has 6 saturated heterocycles. The lowest BCUT2D eigenvalue weighted by atomic mass is 9.81. The molecule has 0 spiro atoms. The highest BCUT2D eigenvalue weighted by Crippen LogP contribution is 2.43. The quantitative estimate of drug-likeness (QED) is 0.0214. The zero-order chi connectivity index (χ0) is 103. The number of halogens is 6. The van der Waals surface area contributed by atoms with Crippen LogP contribution in [0.15, 0.2) is 97.2 Å². The van der Waals surface area contributed by atoms with Gasteiger partial charge in [0.05, 0.1) is 66.9 Å². The fourth-order valence-electron chi connectivity index (χ4n) is 16.2. The van der Waals surface area contributed by atoms with Crippen LogP contribution in [0.3, 0.4) is 0 Å². The van der Waals surface area contributed by atoms with Crippen molar-refractivity contribution < 1.29 is 105 Å². The standard InChI is InChI=1S/C23H31ClN2O5.C23H35ClN2O4.C18H23ClN2O4.C17H24ClNO3.C10H19NO2.C7H6ClFO.2CO2/c1-5-30-22(29)19-17(13-25-20(19)27)16-7-6-15(24)12-18(16)26-10-8-14(9-11-26)21(28)31-23(2,3)4;1-6-16(7-2)20(15-26(28)29)19-9-8-18(24)14-21(19)25-12-10-17(11-13-25)22(27)30-23(3,4)5;1-18(2,3)25-17(22)14-6-9-20(10-7-14)16-12-15(19)5-4-13(16)8-11-21(23)24;1-17(2,3)22-16(20)12-7-9-19(10-8-12)14-11-13(18)5-6-15(14)21-4;1-10(2,3)13-9(12)8-4-6-11-7-5-8;1-10-7-3-2-5(8)4-6(7)9;2*2-1-3/h6-7,12,14,17,19H,5,8-11,13H2,1-4H3,(H,25,27);8-9,14,16-17,20H,6-7,10-13,15H2,1-5H3;4-5,8,11-12,14H,6-7,9-10H2,1-3H3;5-6,11-12H,7-10H2,1-4H3;8,11H,4-7H2,1-3H3;2-4H,1H3;;/b;;11-8+;;;;;/t17-,19?;20-;;;;;;/m10....../s1. The number of rotatable bonds is 22. The predicted molar refractivity (Wildman–Crippen MR) is 525 cm³/mol. The molecule has 6 heterocycles. The second-order valence-corrected chi connectivity index (χ2v) is 40.7. The SMILES string of the molecule is CC(C)(C)OC(=O)C1CCN(c2cc(Cl)ccc2/C=C/[N+](=O)[O-])CC1.CC(C)(C)OC(=O)C1CCNCC1.CCC(CC)[C@H](C[N+](=O)[O-])c1ccc(Cl)cc1N1CCC(C(=O)OC(C)(C)C)CC1.CCOC(=O)C1C(=O)NC[C@@H]1c1ccc(Cl)cc1N1CCC(C(=O)OC(C)(C)C)CC1.COc1ccc(Cl)cc1F.COc1ccc(Cl)cc1N1CCC(C(=O)OC(C)(C)C)CC1.O=C=O.O=C=O. The number of esters is 6. The van der Waals surface area contributed by atoms with Crippen molar-refractivity contribution in [1.82, 2.24) is 10.6 Å². The molecule has 1 amide bonds. The summed E-state index contributed by atoms with van der Waals surface area (Å²) >= 11 is 30.3. The number of piperidine rings is 5. The van der Waals surface area contributed by atoms with Gasteiger partial charge in [0, 0.05) is 124 Å². The van der Waals surface area contributed by atoms with Gasteiger partial charge in [-0.1, -0.05) is 103 Å². The third kappa shape index (κ3) is 42.6. The summed E-state index contributed by atoms with van der Waals surface area (Å²) < 4.78 is 55.2. The molecule has 5 aromatic carbocycles. The number of ether oxygens (including phenoxy) is 8. The van der Waals surface area contributed by atoms with Gasteiger partial charge in [-0.05, 0) is 278 Å². The number of nitro groups is 2. The van der Waals surface area contributed by atoms with Crippen LogP contribution < -0.4 is 39.7 Å². The maximum absolute atomic E-state index is 12.6. The first-order chi connectivity index (χ1) is 64.2. The maximum Gasteiger partial charge on any atom is 0.373 e. The first-order valence-electron chi connectivity index (χ1n) is 46.1. The van der Waals surface area contributed by atoms with Crippen molar-refractivity contribution in [2.24, 2.45) is 41.4 Å². The van der Waals surface area contributed by atoms with E-state index < -0.39 is 45.0 Å². The van der Waals surface area contributed by atoms with Crippen LogP contribution in [-0.4, -0.2) is 191 Å². The molecule has 11 rings (SSSR count). The Bertz CT molecular complexity index is 4830. The number of benzene rings is 5. The number of anilines is 4. The molecule has 137 heavy (non-hydrogen) atoms. The summed E-state index contributed by atoms with van der Waals surface area (Å²) in [6, 6.07) is 26.4. The minimum Gasteiger partial charge on any atom is -0.495 e. The van der Waals surface area contributed by atoms with Crippen LogP contribution in [0, 0.1) is 67.5 Å². The van der Waals surface area contributed by atoms with Gasteiger partial charge in [0.1, 0.15) is 39.7 Å². The molecule has 0 bridgehead atoms. The number of carbonyl (C=O) groups is 7. The van der Waals surface area contributed by atoms with E-state index in [2.05, 4.69) is 48.8 Å². The zero-order valence-corrected chi connectivity index (χ0v) is 86.3. The second kappa shape index (κ2) is 57.4. The molecule has 1 unspecified atom stereocenters. The average molecular weight is 2020 g/mol. The Balaban J connectivity index is 0.000000349. The van der Waals surface area contributed by atoms with Gasteiger partial charge < -0.3 is 68.1 Å². The fourth-order valence-corrected chi connectivity index (χ4v) is 17.0. The van der Waals surface area contributed by atoms with Crippen molar-refractivity contribution in [3.8, 4) is 11.5 Å². The number of methoxy groups -OCH3 is 2. The zero-order valence-electron chi connectivity index (χ0n) is 82.5. The summed E-state index contributed by atoms with van der Waals surface area (Å²) in [5.74, 6) is -2.25. The molecule has 6 aliphatic rings. The Morgan fingerprint density at radius 1 is 0.467 bits per heavy atom. The van der Waals surface area contributed by atoms with Crippen LogP contribution in [0.1, 0.15) is 230 Å². The van der Waals surface area contributed by atoms with Gasteiger partial charge in [-0.15, -0.1) is 0 Å². The number of hydrogen-bond acceptors (Lipinski definition) is 28. The largest absolute Gasteiger partial charge is 0.495 e. The van der Waals surface area contributed by atoms with Gasteiger partial charge in [0.15, 0.2) is 11.6 Å². The van der Waals surface area contributed by atoms with Crippen LogP contribution in [0.5, 0.6) is 11.5 Å². The Morgan fingerprint density at radius 2 is 0.796 bits per heavy atom. The summed E-state index contributed by atoms with van der Waals surface area (Å²) in [4.78, 5) is 148. The molecule has 0 saturated carbocycles. The minimum absolute atomic E-state index is 0.0272. The number of amides is 1. The number of carbonyl (C=O) groups excluding carboxylic acids is 11. The van der Waals surface area contributed by atoms with Crippen LogP contribution in [0.2, 0.25) is 25.1 Å². The first kappa shape index (κ1) is 119. The van der Waals surface area contributed by atoms with Gasteiger partial charge in [0.25, 0.3) is 0 Å². The third-order valence-electron chi connectivity index (χ3n) is 22.5. The molecular weight excluding hydrogens is 1880 g/mol. The van der Waals surface area contributed by atoms with Crippen molar-refractivity contribution >= 4 is 141 Å². The third-order valence-corrected chi connectivity index (χ3v) is 23.6. The van der Waals surface area contributed by atoms with Gasteiger partial charge in [0.2, 0.25) is 18.7 Å². The first-order valence-corrected chi connectivity index (χ1v) is 48.0.